The fourth-order valence-corrected chi connectivity index (χ4v) is 3.76. The molecule has 21 heavy (non-hydrogen) atoms. The standard InChI is InChI=1S/C14H23N5O2/c1-13(11-15-17-18-16-11)8-19(9-13)12(20)14(10-21-2)6-4-3-5-7-14/h3-10H2,1-2H3,(H,15,16,17,18). The number of rotatable bonds is 4. The molecule has 1 aliphatic carbocycles. The van der Waals surface area contributed by atoms with E-state index in [1.807, 2.05) is 4.90 Å². The van der Waals surface area contributed by atoms with Crippen LogP contribution in [0.25, 0.3) is 0 Å². The van der Waals surface area contributed by atoms with Crippen molar-refractivity contribution in [3.8, 4) is 0 Å². The number of methoxy groups -OCH3 is 1. The Hall–Kier alpha value is -1.50. The van der Waals surface area contributed by atoms with Crippen molar-refractivity contribution in [2.45, 2.75) is 44.4 Å². The number of tetrazole rings is 1. The highest BCUT2D eigenvalue weighted by Crippen LogP contribution is 2.42. The summed E-state index contributed by atoms with van der Waals surface area (Å²) in [7, 11) is 1.68. The maximum absolute atomic E-state index is 12.9. The van der Waals surface area contributed by atoms with Crippen molar-refractivity contribution in [2.75, 3.05) is 26.8 Å². The molecule has 7 heteroatoms. The van der Waals surface area contributed by atoms with Gasteiger partial charge in [-0.15, -0.1) is 10.2 Å². The molecule has 2 fully saturated rings. The van der Waals surface area contributed by atoms with Crippen molar-refractivity contribution in [3.05, 3.63) is 5.82 Å². The Balaban J connectivity index is 1.69. The van der Waals surface area contributed by atoms with Crippen molar-refractivity contribution in [3.63, 3.8) is 0 Å². The Morgan fingerprint density at radius 2 is 2.05 bits per heavy atom. The van der Waals surface area contributed by atoms with Crippen LogP contribution in [-0.2, 0) is 14.9 Å². The van der Waals surface area contributed by atoms with E-state index in [0.29, 0.717) is 25.5 Å². The molecule has 1 N–H and O–H groups in total. The van der Waals surface area contributed by atoms with Crippen LogP contribution in [0.5, 0.6) is 0 Å². The van der Waals surface area contributed by atoms with Gasteiger partial charge in [0.15, 0.2) is 5.82 Å². The van der Waals surface area contributed by atoms with E-state index >= 15 is 0 Å². The summed E-state index contributed by atoms with van der Waals surface area (Å²) in [6, 6.07) is 0. The molecule has 0 aromatic carbocycles. The summed E-state index contributed by atoms with van der Waals surface area (Å²) in [4.78, 5) is 14.9. The molecule has 7 nitrogen and oxygen atoms in total. The highest BCUT2D eigenvalue weighted by Gasteiger charge is 2.51. The van der Waals surface area contributed by atoms with Gasteiger partial charge in [0.25, 0.3) is 0 Å². The second-order valence-corrected chi connectivity index (χ2v) is 6.73. The third kappa shape index (κ3) is 2.43. The molecule has 1 saturated heterocycles. The number of aromatic nitrogens is 4. The number of nitrogens with zero attached hydrogens (tertiary/aromatic N) is 4. The van der Waals surface area contributed by atoms with Crippen LogP contribution in [0.15, 0.2) is 0 Å². The first kappa shape index (κ1) is 14.4. The zero-order valence-electron chi connectivity index (χ0n) is 12.8. The molecule has 1 amide bonds. The number of ether oxygens (including phenoxy) is 1. The summed E-state index contributed by atoms with van der Waals surface area (Å²) in [5.74, 6) is 0.931. The van der Waals surface area contributed by atoms with E-state index in [0.717, 1.165) is 25.7 Å². The monoisotopic (exact) mass is 293 g/mol. The second kappa shape index (κ2) is 5.36. The van der Waals surface area contributed by atoms with Crippen LogP contribution >= 0.6 is 0 Å². The van der Waals surface area contributed by atoms with Crippen LogP contribution in [0.3, 0.4) is 0 Å². The van der Waals surface area contributed by atoms with Gasteiger partial charge in [-0.05, 0) is 19.8 Å². The number of hydrogen-bond donors (Lipinski definition) is 1. The molecule has 2 heterocycles. The first-order chi connectivity index (χ1) is 10.1. The van der Waals surface area contributed by atoms with Crippen LogP contribution in [0.1, 0.15) is 44.9 Å². The normalized spacial score (nSPS) is 23.6. The number of aromatic amines is 1. The van der Waals surface area contributed by atoms with Gasteiger partial charge in [-0.3, -0.25) is 4.79 Å². The number of amides is 1. The molecule has 0 bridgehead atoms. The van der Waals surface area contributed by atoms with Crippen molar-refractivity contribution < 1.29 is 9.53 Å². The van der Waals surface area contributed by atoms with Gasteiger partial charge in [0.1, 0.15) is 0 Å². The lowest BCUT2D eigenvalue weighted by Gasteiger charge is -2.50. The third-order valence-corrected chi connectivity index (χ3v) is 4.94. The Morgan fingerprint density at radius 3 is 2.62 bits per heavy atom. The molecule has 0 radical (unpaired) electrons. The minimum atomic E-state index is -0.314. The molecule has 2 aliphatic rings. The largest absolute Gasteiger partial charge is 0.384 e. The topological polar surface area (TPSA) is 84.0 Å². The number of carbonyl (C=O) groups excluding carboxylic acids is 1. The molecule has 1 saturated carbocycles. The van der Waals surface area contributed by atoms with E-state index in [-0.39, 0.29) is 16.7 Å². The van der Waals surface area contributed by atoms with Gasteiger partial charge in [-0.1, -0.05) is 24.5 Å². The average Bonchev–Trinajstić information content (AvgIpc) is 2.99. The third-order valence-electron chi connectivity index (χ3n) is 4.94. The lowest BCUT2D eigenvalue weighted by Crippen LogP contribution is -2.63. The van der Waals surface area contributed by atoms with Gasteiger partial charge in [-0.25, -0.2) is 0 Å². The smallest absolute Gasteiger partial charge is 0.231 e. The highest BCUT2D eigenvalue weighted by atomic mass is 16.5. The maximum Gasteiger partial charge on any atom is 0.231 e. The van der Waals surface area contributed by atoms with Gasteiger partial charge in [0, 0.05) is 20.2 Å². The van der Waals surface area contributed by atoms with Gasteiger partial charge in [-0.2, -0.15) is 5.21 Å². The number of carbonyl (C=O) groups is 1. The SMILES string of the molecule is COCC1(C(=O)N2CC(C)(c3nn[nH]n3)C2)CCCCC1. The van der Waals surface area contributed by atoms with Gasteiger partial charge < -0.3 is 9.64 Å². The maximum atomic E-state index is 12.9. The van der Waals surface area contributed by atoms with Crippen LogP contribution in [0, 0.1) is 5.41 Å². The average molecular weight is 293 g/mol. The van der Waals surface area contributed by atoms with E-state index < -0.39 is 0 Å². The lowest BCUT2D eigenvalue weighted by molar-refractivity contribution is -0.156. The van der Waals surface area contributed by atoms with Crippen LogP contribution in [0.4, 0.5) is 0 Å². The van der Waals surface area contributed by atoms with E-state index in [4.69, 9.17) is 4.74 Å². The summed E-state index contributed by atoms with van der Waals surface area (Å²) >= 11 is 0. The lowest BCUT2D eigenvalue weighted by atomic mass is 9.71. The highest BCUT2D eigenvalue weighted by molar-refractivity contribution is 5.84. The molecule has 1 aromatic heterocycles. The van der Waals surface area contributed by atoms with Crippen LogP contribution in [-0.4, -0.2) is 58.2 Å². The predicted molar refractivity (Wildman–Crippen MR) is 75.5 cm³/mol. The Bertz CT molecular complexity index is 484. The summed E-state index contributed by atoms with van der Waals surface area (Å²) in [5, 5.41) is 14.2. The van der Waals surface area contributed by atoms with Crippen LogP contribution in [0.2, 0.25) is 0 Å². The molecular weight excluding hydrogens is 270 g/mol. The van der Waals surface area contributed by atoms with Gasteiger partial charge in [0.2, 0.25) is 5.91 Å². The number of H-pyrrole nitrogens is 1. The summed E-state index contributed by atoms with van der Waals surface area (Å²) in [6.45, 7) is 3.93. The van der Waals surface area contributed by atoms with E-state index in [1.165, 1.54) is 6.42 Å². The minimum Gasteiger partial charge on any atom is -0.384 e. The van der Waals surface area contributed by atoms with Gasteiger partial charge >= 0.3 is 0 Å². The quantitative estimate of drug-likeness (QED) is 0.891. The molecule has 0 unspecified atom stereocenters. The second-order valence-electron chi connectivity index (χ2n) is 6.73. The van der Waals surface area contributed by atoms with Crippen molar-refractivity contribution in [2.24, 2.45) is 5.41 Å². The molecular formula is C14H23N5O2. The number of nitrogens with one attached hydrogen (secondary N) is 1. The number of likely N-dealkylation sites (tertiary alicyclic amines) is 1. The molecule has 1 aromatic rings. The van der Waals surface area contributed by atoms with E-state index in [1.54, 1.807) is 7.11 Å². The fraction of sp³-hybridized carbons (Fsp3) is 0.857. The van der Waals surface area contributed by atoms with Crippen molar-refractivity contribution in [1.82, 2.24) is 25.5 Å². The number of hydrogen-bond acceptors (Lipinski definition) is 5. The molecule has 3 rings (SSSR count). The zero-order valence-corrected chi connectivity index (χ0v) is 12.8. The summed E-state index contributed by atoms with van der Waals surface area (Å²) in [6.07, 6.45) is 5.33. The Labute approximate surface area is 124 Å². The first-order valence-electron chi connectivity index (χ1n) is 7.62. The first-order valence-corrected chi connectivity index (χ1v) is 7.62. The Kier molecular flexibility index (Phi) is 3.69. The fourth-order valence-electron chi connectivity index (χ4n) is 3.76. The van der Waals surface area contributed by atoms with Gasteiger partial charge in [0.05, 0.1) is 17.4 Å². The summed E-state index contributed by atoms with van der Waals surface area (Å²) < 4.78 is 5.36. The summed E-state index contributed by atoms with van der Waals surface area (Å²) in [5.41, 5.74) is -0.489. The molecule has 1 aliphatic heterocycles. The van der Waals surface area contributed by atoms with Crippen molar-refractivity contribution in [1.29, 1.82) is 0 Å². The predicted octanol–water partition coefficient (Wildman–Crippen LogP) is 0.896. The Morgan fingerprint density at radius 1 is 1.33 bits per heavy atom. The van der Waals surface area contributed by atoms with E-state index in [2.05, 4.69) is 27.5 Å². The van der Waals surface area contributed by atoms with Crippen LogP contribution < -0.4 is 0 Å². The minimum absolute atomic E-state index is 0.175. The van der Waals surface area contributed by atoms with Crippen molar-refractivity contribution >= 4 is 5.91 Å². The molecule has 116 valence electrons. The molecule has 0 atom stereocenters. The molecule has 0 spiro atoms. The zero-order chi connectivity index (χ0) is 14.9. The van der Waals surface area contributed by atoms with E-state index in [9.17, 15) is 4.79 Å².